The van der Waals surface area contributed by atoms with Crippen LogP contribution in [-0.2, 0) is 0 Å². The molecule has 0 amide bonds. The van der Waals surface area contributed by atoms with E-state index in [1.54, 1.807) is 0 Å². The van der Waals surface area contributed by atoms with E-state index in [0.29, 0.717) is 0 Å². The van der Waals surface area contributed by atoms with Crippen molar-refractivity contribution in [2.45, 2.75) is 25.4 Å². The highest BCUT2D eigenvalue weighted by atomic mass is 31.2. The second kappa shape index (κ2) is 8.45. The normalized spacial score (nSPS) is 12.6. The van der Waals surface area contributed by atoms with Gasteiger partial charge in [0, 0.05) is 0 Å². The zero-order valence-corrected chi connectivity index (χ0v) is 16.8. The van der Waals surface area contributed by atoms with Crippen molar-refractivity contribution < 1.29 is 0 Å². The molecule has 1 unspecified atom stereocenters. The molecule has 1 heterocycles. The molecule has 4 rings (SSSR count). The van der Waals surface area contributed by atoms with Crippen LogP contribution in [0.1, 0.15) is 31.2 Å². The first kappa shape index (κ1) is 18.5. The largest absolute Gasteiger partial charge is 0.215 e. The molecule has 1 N–H and O–H groups in total. The van der Waals surface area contributed by atoms with Crippen molar-refractivity contribution in [3.63, 3.8) is 0 Å². The van der Waals surface area contributed by atoms with Crippen LogP contribution in [-0.4, -0.2) is 20.6 Å². The highest BCUT2D eigenvalue weighted by molar-refractivity contribution is 7.96. The van der Waals surface area contributed by atoms with Gasteiger partial charge < -0.3 is 0 Å². The second-order valence-corrected chi connectivity index (χ2v) is 10.4. The summed E-state index contributed by atoms with van der Waals surface area (Å²) in [6, 6.07) is 32.6. The predicted molar refractivity (Wildman–Crippen MR) is 117 cm³/mol. The van der Waals surface area contributed by atoms with E-state index in [2.05, 4.69) is 119 Å². The summed E-state index contributed by atoms with van der Waals surface area (Å²) >= 11 is 0. The van der Waals surface area contributed by atoms with E-state index in [0.717, 1.165) is 18.7 Å². The van der Waals surface area contributed by atoms with Gasteiger partial charge in [-0.2, -0.15) is 5.21 Å². The Kier molecular flexibility index (Phi) is 5.59. The number of aromatic amines is 1. The van der Waals surface area contributed by atoms with Gasteiger partial charge in [-0.25, -0.2) is 0 Å². The lowest BCUT2D eigenvalue weighted by atomic mass is 10.2. The zero-order valence-electron chi connectivity index (χ0n) is 15.9. The Labute approximate surface area is 166 Å². The molecule has 4 aromatic rings. The highest BCUT2D eigenvalue weighted by Crippen LogP contribution is 2.67. The maximum absolute atomic E-state index is 4.46. The Morgan fingerprint density at radius 1 is 0.750 bits per heavy atom. The lowest BCUT2D eigenvalue weighted by molar-refractivity contribution is 0.729. The average Bonchev–Trinajstić information content (AvgIpc) is 3.30. The van der Waals surface area contributed by atoms with E-state index >= 15 is 0 Å². The maximum atomic E-state index is 4.46. The lowest BCUT2D eigenvalue weighted by Crippen LogP contribution is -2.35. The van der Waals surface area contributed by atoms with Crippen LogP contribution in [0.15, 0.2) is 91.0 Å². The van der Waals surface area contributed by atoms with E-state index < -0.39 is 7.26 Å². The van der Waals surface area contributed by atoms with Gasteiger partial charge in [0.1, 0.15) is 28.8 Å². The minimum Gasteiger partial charge on any atom is -0.177 e. The Morgan fingerprint density at radius 3 is 1.57 bits per heavy atom. The van der Waals surface area contributed by atoms with Crippen molar-refractivity contribution in [3.8, 4) is 0 Å². The molecule has 1 aromatic heterocycles. The molecular weight excluding hydrogens is 363 g/mol. The summed E-state index contributed by atoms with van der Waals surface area (Å²) in [6.07, 6.45) is 2.04. The molecule has 0 bridgehead atoms. The fourth-order valence-corrected chi connectivity index (χ4v) is 9.06. The SMILES string of the molecule is CCCC(c1nn[nH]n1)[P+](c1ccccc1)(c1ccccc1)c1ccccc1. The molecule has 0 aliphatic carbocycles. The highest BCUT2D eigenvalue weighted by Gasteiger charge is 2.54. The molecule has 1 atom stereocenters. The summed E-state index contributed by atoms with van der Waals surface area (Å²) < 4.78 is 0. The molecule has 3 aromatic carbocycles. The van der Waals surface area contributed by atoms with E-state index in [-0.39, 0.29) is 5.66 Å². The van der Waals surface area contributed by atoms with Crippen molar-refractivity contribution in [1.29, 1.82) is 0 Å². The van der Waals surface area contributed by atoms with Gasteiger partial charge in [0.25, 0.3) is 0 Å². The summed E-state index contributed by atoms with van der Waals surface area (Å²) in [5.41, 5.74) is 0.156. The number of tetrazole rings is 1. The second-order valence-electron chi connectivity index (χ2n) is 6.80. The zero-order chi connectivity index (χ0) is 19.2. The number of hydrogen-bond donors (Lipinski definition) is 1. The third-order valence-corrected chi connectivity index (χ3v) is 9.94. The van der Waals surface area contributed by atoms with Crippen LogP contribution >= 0.6 is 7.26 Å². The first-order valence-corrected chi connectivity index (χ1v) is 11.5. The van der Waals surface area contributed by atoms with Crippen molar-refractivity contribution in [3.05, 3.63) is 96.8 Å². The average molecular weight is 387 g/mol. The van der Waals surface area contributed by atoms with Crippen LogP contribution in [0, 0.1) is 0 Å². The van der Waals surface area contributed by atoms with Crippen LogP contribution in [0.25, 0.3) is 0 Å². The first-order chi connectivity index (χ1) is 13.9. The summed E-state index contributed by atoms with van der Waals surface area (Å²) in [6.45, 7) is 2.22. The molecule has 0 radical (unpaired) electrons. The summed E-state index contributed by atoms with van der Waals surface area (Å²) in [5, 5.41) is 19.5. The Balaban J connectivity index is 2.09. The summed E-state index contributed by atoms with van der Waals surface area (Å²) in [7, 11) is -2.05. The smallest absolute Gasteiger partial charge is 0.177 e. The predicted octanol–water partition coefficient (Wildman–Crippen LogP) is 4.04. The molecule has 140 valence electrons. The van der Waals surface area contributed by atoms with E-state index in [4.69, 9.17) is 0 Å². The number of hydrogen-bond acceptors (Lipinski definition) is 3. The fourth-order valence-electron chi connectivity index (χ4n) is 4.06. The van der Waals surface area contributed by atoms with Gasteiger partial charge >= 0.3 is 0 Å². The Morgan fingerprint density at radius 2 is 1.21 bits per heavy atom. The number of rotatable bonds is 7. The van der Waals surface area contributed by atoms with Crippen LogP contribution < -0.4 is 15.9 Å². The standard InChI is InChI=1S/C23H24N4P/c1-2-12-22(23-24-26-27-25-23)28(19-13-6-3-7-14-19,20-15-8-4-9-16-20)21-17-10-5-11-18-21/h3-11,13-18,22H,2,12H2,1H3,(H,24,25,26,27)/q+1. The summed E-state index contributed by atoms with van der Waals surface area (Å²) in [4.78, 5) is 0. The third kappa shape index (κ3) is 3.25. The number of aromatic nitrogens is 4. The first-order valence-electron chi connectivity index (χ1n) is 9.66. The number of benzene rings is 3. The van der Waals surface area contributed by atoms with Crippen molar-refractivity contribution in [1.82, 2.24) is 20.6 Å². The monoisotopic (exact) mass is 387 g/mol. The van der Waals surface area contributed by atoms with Gasteiger partial charge in [0.2, 0.25) is 5.82 Å². The molecule has 0 saturated carbocycles. The van der Waals surface area contributed by atoms with Crippen LogP contribution in [0.3, 0.4) is 0 Å². The maximum Gasteiger partial charge on any atom is 0.215 e. The molecule has 4 nitrogen and oxygen atoms in total. The molecule has 0 aliphatic heterocycles. The van der Waals surface area contributed by atoms with Crippen molar-refractivity contribution in [2.75, 3.05) is 0 Å². The van der Waals surface area contributed by atoms with Gasteiger partial charge in [0.05, 0.1) is 0 Å². The lowest BCUT2D eigenvalue weighted by Gasteiger charge is -2.33. The molecule has 0 aliphatic rings. The molecule has 0 spiro atoms. The van der Waals surface area contributed by atoms with E-state index in [1.165, 1.54) is 15.9 Å². The van der Waals surface area contributed by atoms with Gasteiger partial charge in [-0.15, -0.1) is 10.2 Å². The number of nitrogens with one attached hydrogen (secondary N) is 1. The van der Waals surface area contributed by atoms with Crippen LogP contribution in [0.5, 0.6) is 0 Å². The summed E-state index contributed by atoms with van der Waals surface area (Å²) in [5.74, 6) is 0.798. The van der Waals surface area contributed by atoms with Crippen molar-refractivity contribution >= 4 is 23.2 Å². The van der Waals surface area contributed by atoms with Gasteiger partial charge in [-0.05, 0) is 42.8 Å². The Hall–Kier alpha value is -2.84. The van der Waals surface area contributed by atoms with E-state index in [9.17, 15) is 0 Å². The van der Waals surface area contributed by atoms with Crippen LogP contribution in [0.4, 0.5) is 0 Å². The topological polar surface area (TPSA) is 54.5 Å². The van der Waals surface area contributed by atoms with Crippen molar-refractivity contribution in [2.24, 2.45) is 0 Å². The van der Waals surface area contributed by atoms with Gasteiger partial charge in [-0.1, -0.05) is 73.2 Å². The Bertz CT molecular complexity index is 876. The van der Waals surface area contributed by atoms with Gasteiger partial charge in [-0.3, -0.25) is 0 Å². The number of nitrogens with zero attached hydrogens (tertiary/aromatic N) is 3. The minimum atomic E-state index is -2.05. The number of H-pyrrole nitrogens is 1. The fraction of sp³-hybridized carbons (Fsp3) is 0.174. The molecule has 0 saturated heterocycles. The molecular formula is C23H24N4P+. The molecule has 28 heavy (non-hydrogen) atoms. The third-order valence-electron chi connectivity index (χ3n) is 5.18. The molecule has 5 heteroatoms. The minimum absolute atomic E-state index is 0.156. The molecule has 0 fully saturated rings. The van der Waals surface area contributed by atoms with Gasteiger partial charge in [0.15, 0.2) is 0 Å². The van der Waals surface area contributed by atoms with Crippen LogP contribution in [0.2, 0.25) is 0 Å². The quantitative estimate of drug-likeness (QED) is 0.487. The van der Waals surface area contributed by atoms with E-state index in [1.807, 2.05) is 0 Å².